The Kier molecular flexibility index (Phi) is 4.56. The van der Waals surface area contributed by atoms with E-state index < -0.39 is 0 Å². The number of amides is 1. The van der Waals surface area contributed by atoms with Gasteiger partial charge in [0.05, 0.1) is 17.5 Å². The monoisotopic (exact) mass is 297 g/mol. The summed E-state index contributed by atoms with van der Waals surface area (Å²) >= 11 is 0. The van der Waals surface area contributed by atoms with E-state index in [9.17, 15) is 4.79 Å². The highest BCUT2D eigenvalue weighted by Crippen LogP contribution is 2.23. The average Bonchev–Trinajstić information content (AvgIpc) is 2.87. The Morgan fingerprint density at radius 3 is 2.50 bits per heavy atom. The number of nitrogens with one attached hydrogen (secondary N) is 2. The molecule has 4 nitrogen and oxygen atoms in total. The SMILES string of the molecule is Cc1ccc(-c2[nH]ncc2C(=O)NC2CCCCCC2)cc1. The molecule has 1 amide bonds. The van der Waals surface area contributed by atoms with Crippen LogP contribution in [0.25, 0.3) is 11.3 Å². The van der Waals surface area contributed by atoms with Crippen molar-refractivity contribution in [3.05, 3.63) is 41.6 Å². The summed E-state index contributed by atoms with van der Waals surface area (Å²) in [6, 6.07) is 8.43. The third-order valence-electron chi connectivity index (χ3n) is 4.41. The third kappa shape index (κ3) is 3.38. The van der Waals surface area contributed by atoms with Crippen molar-refractivity contribution in [3.63, 3.8) is 0 Å². The highest BCUT2D eigenvalue weighted by atomic mass is 16.1. The summed E-state index contributed by atoms with van der Waals surface area (Å²) < 4.78 is 0. The molecule has 1 fully saturated rings. The smallest absolute Gasteiger partial charge is 0.255 e. The molecular weight excluding hydrogens is 274 g/mol. The van der Waals surface area contributed by atoms with E-state index in [2.05, 4.69) is 22.4 Å². The highest BCUT2D eigenvalue weighted by molar-refractivity contribution is 5.99. The van der Waals surface area contributed by atoms with Gasteiger partial charge in [-0.25, -0.2) is 0 Å². The van der Waals surface area contributed by atoms with Crippen molar-refractivity contribution < 1.29 is 4.79 Å². The van der Waals surface area contributed by atoms with Crippen LogP contribution in [0, 0.1) is 6.92 Å². The van der Waals surface area contributed by atoms with E-state index in [4.69, 9.17) is 0 Å². The van der Waals surface area contributed by atoms with Crippen molar-refractivity contribution >= 4 is 5.91 Å². The quantitative estimate of drug-likeness (QED) is 0.846. The number of aromatic nitrogens is 2. The maximum atomic E-state index is 12.6. The first-order valence-electron chi connectivity index (χ1n) is 8.15. The van der Waals surface area contributed by atoms with Crippen molar-refractivity contribution in [2.24, 2.45) is 0 Å². The molecule has 3 rings (SSSR count). The predicted octanol–water partition coefficient (Wildman–Crippen LogP) is 3.84. The van der Waals surface area contributed by atoms with E-state index in [1.54, 1.807) is 6.20 Å². The first-order chi connectivity index (χ1) is 10.7. The lowest BCUT2D eigenvalue weighted by molar-refractivity contribution is 0.0934. The first kappa shape index (κ1) is 14.8. The van der Waals surface area contributed by atoms with Gasteiger partial charge in [0.1, 0.15) is 0 Å². The zero-order valence-electron chi connectivity index (χ0n) is 13.1. The lowest BCUT2D eigenvalue weighted by Crippen LogP contribution is -2.34. The van der Waals surface area contributed by atoms with Gasteiger partial charge >= 0.3 is 0 Å². The van der Waals surface area contributed by atoms with Gasteiger partial charge in [-0.05, 0) is 19.8 Å². The van der Waals surface area contributed by atoms with Gasteiger partial charge in [0.15, 0.2) is 0 Å². The summed E-state index contributed by atoms with van der Waals surface area (Å²) in [4.78, 5) is 12.6. The molecule has 0 bridgehead atoms. The van der Waals surface area contributed by atoms with Crippen molar-refractivity contribution in [2.45, 2.75) is 51.5 Å². The molecule has 0 atom stereocenters. The van der Waals surface area contributed by atoms with Gasteiger partial charge in [0, 0.05) is 11.6 Å². The molecule has 0 spiro atoms. The molecule has 1 heterocycles. The molecule has 0 radical (unpaired) electrons. The predicted molar refractivity (Wildman–Crippen MR) is 87.7 cm³/mol. The largest absolute Gasteiger partial charge is 0.349 e. The van der Waals surface area contributed by atoms with Gasteiger partial charge in [-0.15, -0.1) is 0 Å². The summed E-state index contributed by atoms with van der Waals surface area (Å²) in [5.41, 5.74) is 3.63. The summed E-state index contributed by atoms with van der Waals surface area (Å²) in [5, 5.41) is 10.2. The van der Waals surface area contributed by atoms with E-state index in [0.29, 0.717) is 11.6 Å². The molecule has 2 N–H and O–H groups in total. The average molecular weight is 297 g/mol. The van der Waals surface area contributed by atoms with Gasteiger partial charge in [-0.2, -0.15) is 5.10 Å². The number of rotatable bonds is 3. The number of benzene rings is 1. The number of nitrogens with zero attached hydrogens (tertiary/aromatic N) is 1. The Balaban J connectivity index is 1.76. The highest BCUT2D eigenvalue weighted by Gasteiger charge is 2.19. The normalized spacial score (nSPS) is 16.2. The Bertz CT molecular complexity index is 622. The summed E-state index contributed by atoms with van der Waals surface area (Å²) in [6.07, 6.45) is 8.79. The van der Waals surface area contributed by atoms with E-state index in [1.807, 2.05) is 24.3 Å². The molecule has 1 aliphatic carbocycles. The molecular formula is C18H23N3O. The van der Waals surface area contributed by atoms with Gasteiger partial charge in [0.25, 0.3) is 5.91 Å². The Morgan fingerprint density at radius 1 is 1.14 bits per heavy atom. The number of carbonyl (C=O) groups excluding carboxylic acids is 1. The molecule has 1 aliphatic rings. The topological polar surface area (TPSA) is 57.8 Å². The van der Waals surface area contributed by atoms with Crippen LogP contribution in [0.4, 0.5) is 0 Å². The molecule has 116 valence electrons. The maximum Gasteiger partial charge on any atom is 0.255 e. The molecule has 1 aromatic carbocycles. The second kappa shape index (κ2) is 6.77. The minimum absolute atomic E-state index is 0.0174. The third-order valence-corrected chi connectivity index (χ3v) is 4.41. The van der Waals surface area contributed by atoms with Gasteiger partial charge in [-0.3, -0.25) is 9.89 Å². The Hall–Kier alpha value is -2.10. The number of H-pyrrole nitrogens is 1. The van der Waals surface area contributed by atoms with Gasteiger partial charge < -0.3 is 5.32 Å². The van der Waals surface area contributed by atoms with Crippen LogP contribution in [0.5, 0.6) is 0 Å². The van der Waals surface area contributed by atoms with Crippen LogP contribution < -0.4 is 5.32 Å². The molecule has 4 heteroatoms. The fourth-order valence-electron chi connectivity index (χ4n) is 3.09. The standard InChI is InChI=1S/C18H23N3O/c1-13-8-10-14(11-9-13)17-16(12-19-21-17)18(22)20-15-6-4-2-3-5-7-15/h8-12,15H,2-7H2,1H3,(H,19,21)(H,20,22). The zero-order chi connectivity index (χ0) is 15.4. The van der Waals surface area contributed by atoms with E-state index in [0.717, 1.165) is 24.1 Å². The maximum absolute atomic E-state index is 12.6. The van der Waals surface area contributed by atoms with Crippen molar-refractivity contribution in [3.8, 4) is 11.3 Å². The van der Waals surface area contributed by atoms with Crippen LogP contribution in [-0.4, -0.2) is 22.1 Å². The lowest BCUT2D eigenvalue weighted by atomic mass is 10.0. The number of carbonyl (C=O) groups is 1. The van der Waals surface area contributed by atoms with E-state index >= 15 is 0 Å². The number of aryl methyl sites for hydroxylation is 1. The van der Waals surface area contributed by atoms with E-state index in [1.165, 1.54) is 31.2 Å². The van der Waals surface area contributed by atoms with Crippen LogP contribution in [0.1, 0.15) is 54.4 Å². The van der Waals surface area contributed by atoms with E-state index in [-0.39, 0.29) is 5.91 Å². The van der Waals surface area contributed by atoms with Crippen LogP contribution in [0.3, 0.4) is 0 Å². The molecule has 22 heavy (non-hydrogen) atoms. The fraction of sp³-hybridized carbons (Fsp3) is 0.444. The van der Waals surface area contributed by atoms with Gasteiger partial charge in [0.2, 0.25) is 0 Å². The summed E-state index contributed by atoms with van der Waals surface area (Å²) in [5.74, 6) is -0.0174. The van der Waals surface area contributed by atoms with Crippen molar-refractivity contribution in [1.82, 2.24) is 15.5 Å². The Morgan fingerprint density at radius 2 is 1.82 bits per heavy atom. The van der Waals surface area contributed by atoms with Crippen LogP contribution in [-0.2, 0) is 0 Å². The van der Waals surface area contributed by atoms with Gasteiger partial charge in [-0.1, -0.05) is 55.5 Å². The number of hydrogen-bond donors (Lipinski definition) is 2. The molecule has 0 saturated heterocycles. The molecule has 1 aromatic heterocycles. The van der Waals surface area contributed by atoms with Crippen LogP contribution in [0.15, 0.2) is 30.5 Å². The second-order valence-corrected chi connectivity index (χ2v) is 6.19. The first-order valence-corrected chi connectivity index (χ1v) is 8.15. The molecule has 2 aromatic rings. The minimum Gasteiger partial charge on any atom is -0.349 e. The minimum atomic E-state index is -0.0174. The zero-order valence-corrected chi connectivity index (χ0v) is 13.1. The Labute approximate surface area is 131 Å². The molecule has 0 unspecified atom stereocenters. The number of hydrogen-bond acceptors (Lipinski definition) is 2. The second-order valence-electron chi connectivity index (χ2n) is 6.19. The number of aromatic amines is 1. The van der Waals surface area contributed by atoms with Crippen molar-refractivity contribution in [2.75, 3.05) is 0 Å². The fourth-order valence-corrected chi connectivity index (χ4v) is 3.09. The molecule has 1 saturated carbocycles. The summed E-state index contributed by atoms with van der Waals surface area (Å²) in [6.45, 7) is 2.05. The van der Waals surface area contributed by atoms with Crippen LogP contribution in [0.2, 0.25) is 0 Å². The van der Waals surface area contributed by atoms with Crippen molar-refractivity contribution in [1.29, 1.82) is 0 Å². The summed E-state index contributed by atoms with van der Waals surface area (Å²) in [7, 11) is 0. The lowest BCUT2D eigenvalue weighted by Gasteiger charge is -2.16. The molecule has 0 aliphatic heterocycles. The van der Waals surface area contributed by atoms with Crippen LogP contribution >= 0.6 is 0 Å².